The molecule has 0 radical (unpaired) electrons. The molecule has 7 nitrogen and oxygen atoms in total. The molecule has 0 aliphatic heterocycles. The molecule has 0 spiro atoms. The van der Waals surface area contributed by atoms with Crippen LogP contribution in [0.15, 0.2) is 18.6 Å². The van der Waals surface area contributed by atoms with Crippen molar-refractivity contribution in [3.63, 3.8) is 0 Å². The van der Waals surface area contributed by atoms with E-state index in [9.17, 15) is 0 Å². The minimum Gasteiger partial charge on any atom is -0.435 e. The lowest BCUT2D eigenvalue weighted by atomic mass is 10.4. The van der Waals surface area contributed by atoms with E-state index in [-0.39, 0.29) is 0 Å². The van der Waals surface area contributed by atoms with Crippen LogP contribution >= 0.6 is 0 Å². The van der Waals surface area contributed by atoms with Gasteiger partial charge < -0.3 is 4.74 Å². The van der Waals surface area contributed by atoms with Crippen LogP contribution in [0.2, 0.25) is 0 Å². The van der Waals surface area contributed by atoms with Gasteiger partial charge in [0.1, 0.15) is 0 Å². The van der Waals surface area contributed by atoms with E-state index < -0.39 is 0 Å². The van der Waals surface area contributed by atoms with Crippen molar-refractivity contribution in [1.82, 2.24) is 19.7 Å². The Morgan fingerprint density at radius 1 is 1.47 bits per heavy atom. The number of hydrogen-bond acceptors (Lipinski definition) is 6. The van der Waals surface area contributed by atoms with Crippen molar-refractivity contribution in [2.45, 2.75) is 20.4 Å². The molecule has 0 aliphatic carbocycles. The van der Waals surface area contributed by atoms with E-state index in [4.69, 9.17) is 10.6 Å². The average Bonchev–Trinajstić information content (AvgIpc) is 2.80. The van der Waals surface area contributed by atoms with Gasteiger partial charge in [-0.05, 0) is 13.8 Å². The highest BCUT2D eigenvalue weighted by Crippen LogP contribution is 2.22. The lowest BCUT2D eigenvalue weighted by Crippen LogP contribution is -2.10. The molecule has 0 saturated carbocycles. The van der Waals surface area contributed by atoms with E-state index in [1.165, 1.54) is 0 Å². The minimum atomic E-state index is 0.313. The Balaban J connectivity index is 2.22. The van der Waals surface area contributed by atoms with Gasteiger partial charge in [0.15, 0.2) is 5.75 Å². The summed E-state index contributed by atoms with van der Waals surface area (Å²) in [6.45, 7) is 4.66. The highest BCUT2D eigenvalue weighted by Gasteiger charge is 2.07. The molecule has 17 heavy (non-hydrogen) atoms. The molecule has 0 aromatic carbocycles. The monoisotopic (exact) mass is 234 g/mol. The lowest BCUT2D eigenvalue weighted by molar-refractivity contribution is 0.457. The molecule has 2 aromatic heterocycles. The Morgan fingerprint density at radius 3 is 2.94 bits per heavy atom. The number of hydrogen-bond donors (Lipinski definition) is 2. The van der Waals surface area contributed by atoms with Gasteiger partial charge in [0.05, 0.1) is 12.4 Å². The van der Waals surface area contributed by atoms with Crippen molar-refractivity contribution in [2.24, 2.45) is 5.84 Å². The highest BCUT2D eigenvalue weighted by atomic mass is 16.5. The van der Waals surface area contributed by atoms with Crippen molar-refractivity contribution in [3.8, 4) is 11.6 Å². The first-order valence-corrected chi connectivity index (χ1v) is 5.23. The maximum atomic E-state index is 5.60. The quantitative estimate of drug-likeness (QED) is 0.607. The van der Waals surface area contributed by atoms with Crippen molar-refractivity contribution in [1.29, 1.82) is 0 Å². The fraction of sp³-hybridized carbons (Fsp3) is 0.300. The summed E-state index contributed by atoms with van der Waals surface area (Å²) in [6.07, 6.45) is 5.08. The van der Waals surface area contributed by atoms with Crippen LogP contribution in [0.3, 0.4) is 0 Å². The van der Waals surface area contributed by atoms with Crippen LogP contribution in [0, 0.1) is 6.92 Å². The van der Waals surface area contributed by atoms with Crippen molar-refractivity contribution < 1.29 is 4.74 Å². The zero-order chi connectivity index (χ0) is 12.3. The Bertz CT molecular complexity index is 509. The predicted molar refractivity (Wildman–Crippen MR) is 62.6 cm³/mol. The molecule has 90 valence electrons. The van der Waals surface area contributed by atoms with Gasteiger partial charge in [0, 0.05) is 18.3 Å². The first-order chi connectivity index (χ1) is 8.22. The second-order valence-corrected chi connectivity index (χ2v) is 3.46. The van der Waals surface area contributed by atoms with Gasteiger partial charge in [-0.1, -0.05) is 0 Å². The van der Waals surface area contributed by atoms with Gasteiger partial charge in [-0.15, -0.1) is 0 Å². The number of rotatable bonds is 4. The average molecular weight is 234 g/mol. The predicted octanol–water partition coefficient (Wildman–Crippen LogP) is 1.08. The summed E-state index contributed by atoms with van der Waals surface area (Å²) in [7, 11) is 0. The van der Waals surface area contributed by atoms with E-state index in [1.807, 2.05) is 13.8 Å². The molecule has 0 atom stereocenters. The summed E-state index contributed by atoms with van der Waals surface area (Å²) >= 11 is 0. The Kier molecular flexibility index (Phi) is 3.20. The molecular formula is C10H14N6O. The first-order valence-electron chi connectivity index (χ1n) is 5.23. The van der Waals surface area contributed by atoms with Gasteiger partial charge in [-0.3, -0.25) is 10.1 Å². The van der Waals surface area contributed by atoms with Crippen molar-refractivity contribution in [3.05, 3.63) is 24.2 Å². The van der Waals surface area contributed by atoms with Crippen molar-refractivity contribution in [2.75, 3.05) is 5.43 Å². The molecule has 0 unspecified atom stereocenters. The molecule has 0 saturated heterocycles. The summed E-state index contributed by atoms with van der Waals surface area (Å²) in [5, 5.41) is 4.11. The highest BCUT2D eigenvalue weighted by molar-refractivity contribution is 5.34. The molecule has 7 heteroatoms. The van der Waals surface area contributed by atoms with E-state index in [2.05, 4.69) is 20.5 Å². The van der Waals surface area contributed by atoms with Crippen LogP contribution in [0.5, 0.6) is 11.6 Å². The summed E-state index contributed by atoms with van der Waals surface area (Å²) < 4.78 is 7.38. The van der Waals surface area contributed by atoms with Gasteiger partial charge >= 0.3 is 0 Å². The summed E-state index contributed by atoms with van der Waals surface area (Å²) in [6, 6.07) is 0. The van der Waals surface area contributed by atoms with E-state index in [0.717, 1.165) is 12.1 Å². The summed E-state index contributed by atoms with van der Waals surface area (Å²) in [4.78, 5) is 8.09. The van der Waals surface area contributed by atoms with Crippen LogP contribution < -0.4 is 16.0 Å². The van der Waals surface area contributed by atoms with E-state index in [1.54, 1.807) is 23.3 Å². The topological polar surface area (TPSA) is 90.9 Å². The smallest absolute Gasteiger partial charge is 0.240 e. The lowest BCUT2D eigenvalue weighted by Gasteiger charge is -2.06. The third-order valence-electron chi connectivity index (χ3n) is 2.20. The number of nitrogen functional groups attached to an aromatic ring is 1. The Morgan fingerprint density at radius 2 is 2.29 bits per heavy atom. The number of nitrogens with zero attached hydrogens (tertiary/aromatic N) is 4. The third kappa shape index (κ3) is 2.51. The zero-order valence-electron chi connectivity index (χ0n) is 9.71. The Labute approximate surface area is 98.6 Å². The molecular weight excluding hydrogens is 220 g/mol. The van der Waals surface area contributed by atoms with Crippen LogP contribution in [0.4, 0.5) is 5.95 Å². The number of aromatic nitrogens is 4. The molecule has 0 amide bonds. The molecule has 0 fully saturated rings. The number of nitrogens with one attached hydrogen (secondary N) is 1. The van der Waals surface area contributed by atoms with Crippen LogP contribution in [-0.4, -0.2) is 19.7 Å². The van der Waals surface area contributed by atoms with Gasteiger partial charge in [0.2, 0.25) is 11.8 Å². The Hall–Kier alpha value is -2.15. The fourth-order valence-electron chi connectivity index (χ4n) is 1.28. The van der Waals surface area contributed by atoms with E-state index >= 15 is 0 Å². The van der Waals surface area contributed by atoms with E-state index in [0.29, 0.717) is 17.6 Å². The minimum absolute atomic E-state index is 0.313. The van der Waals surface area contributed by atoms with Crippen molar-refractivity contribution >= 4 is 5.95 Å². The summed E-state index contributed by atoms with van der Waals surface area (Å²) in [5.41, 5.74) is 3.20. The maximum Gasteiger partial charge on any atom is 0.240 e. The van der Waals surface area contributed by atoms with Crippen LogP contribution in [0.25, 0.3) is 0 Å². The van der Waals surface area contributed by atoms with Crippen LogP contribution in [0.1, 0.15) is 12.5 Å². The second kappa shape index (κ2) is 4.79. The standard InChI is InChI=1S/C10H14N6O/c1-3-16-6-8(5-13-16)17-9-7(2)4-12-10(14-9)15-11/h4-6H,3,11H2,1-2H3,(H,12,14,15). The SMILES string of the molecule is CCn1cc(Oc2nc(NN)ncc2C)cn1. The number of nitrogens with two attached hydrogens (primary N) is 1. The number of ether oxygens (including phenoxy) is 1. The van der Waals surface area contributed by atoms with Gasteiger partial charge in [-0.25, -0.2) is 10.8 Å². The third-order valence-corrected chi connectivity index (χ3v) is 2.20. The zero-order valence-corrected chi connectivity index (χ0v) is 9.71. The van der Waals surface area contributed by atoms with Crippen LogP contribution in [-0.2, 0) is 6.54 Å². The molecule has 2 rings (SSSR count). The number of hydrazine groups is 1. The second-order valence-electron chi connectivity index (χ2n) is 3.46. The normalized spacial score (nSPS) is 10.3. The number of anilines is 1. The number of aryl methyl sites for hydroxylation is 2. The molecule has 3 N–H and O–H groups in total. The largest absolute Gasteiger partial charge is 0.435 e. The molecule has 0 aliphatic rings. The maximum absolute atomic E-state index is 5.60. The molecule has 2 aromatic rings. The summed E-state index contributed by atoms with van der Waals surface area (Å²) in [5.74, 6) is 6.65. The van der Waals surface area contributed by atoms with Gasteiger partial charge in [-0.2, -0.15) is 10.1 Å². The molecule has 2 heterocycles. The first kappa shape index (κ1) is 11.3. The van der Waals surface area contributed by atoms with Gasteiger partial charge in [0.25, 0.3) is 0 Å². The fourth-order valence-corrected chi connectivity index (χ4v) is 1.28. The molecule has 0 bridgehead atoms.